The lowest BCUT2D eigenvalue weighted by atomic mass is 9.86. The van der Waals surface area contributed by atoms with Gasteiger partial charge in [0.25, 0.3) is 0 Å². The first kappa shape index (κ1) is 23.3. The lowest BCUT2D eigenvalue weighted by Gasteiger charge is -2.31. The fraction of sp³-hybridized carbons (Fsp3) is 0.500. The van der Waals surface area contributed by atoms with Crippen LogP contribution in [0.3, 0.4) is 0 Å². The molecule has 2 saturated heterocycles. The number of anilines is 1. The Morgan fingerprint density at radius 2 is 1.65 bits per heavy atom. The predicted octanol–water partition coefficient (Wildman–Crippen LogP) is 5.63. The first-order chi connectivity index (χ1) is 16.5. The third-order valence-corrected chi connectivity index (χ3v) is 8.14. The zero-order valence-electron chi connectivity index (χ0n) is 20.9. The summed E-state index contributed by atoms with van der Waals surface area (Å²) >= 11 is 0. The van der Waals surface area contributed by atoms with E-state index in [1.807, 2.05) is 0 Å². The van der Waals surface area contributed by atoms with Crippen LogP contribution in [0.4, 0.5) is 5.69 Å². The molecule has 0 radical (unpaired) electrons. The molecule has 2 aromatic carbocycles. The minimum atomic E-state index is 0.103. The minimum absolute atomic E-state index is 0.103. The second-order valence-electron chi connectivity index (χ2n) is 10.6. The van der Waals surface area contributed by atoms with E-state index in [2.05, 4.69) is 71.4 Å². The van der Waals surface area contributed by atoms with E-state index in [0.29, 0.717) is 12.5 Å². The Bertz CT molecular complexity index is 1040. The number of nitrogens with zero attached hydrogens (tertiary/aromatic N) is 2. The number of nitrogens with one attached hydrogen (secondary N) is 1. The Morgan fingerprint density at radius 1 is 0.912 bits per heavy atom. The molecular weight excluding hydrogens is 418 g/mol. The van der Waals surface area contributed by atoms with Gasteiger partial charge in [-0.15, -0.1) is 0 Å². The van der Waals surface area contributed by atoms with Gasteiger partial charge in [-0.25, -0.2) is 0 Å². The number of benzene rings is 2. The van der Waals surface area contributed by atoms with Crippen LogP contribution >= 0.6 is 0 Å². The molecule has 1 amide bonds. The molecule has 2 heterocycles. The van der Waals surface area contributed by atoms with Gasteiger partial charge in [0.1, 0.15) is 0 Å². The van der Waals surface area contributed by atoms with Gasteiger partial charge in [-0.2, -0.15) is 0 Å². The van der Waals surface area contributed by atoms with Crippen molar-refractivity contribution in [3.63, 3.8) is 0 Å². The number of allylic oxidation sites excluding steroid dienone is 1. The lowest BCUT2D eigenvalue weighted by Crippen LogP contribution is -2.38. The zero-order valence-corrected chi connectivity index (χ0v) is 20.9. The highest BCUT2D eigenvalue weighted by Gasteiger charge is 2.23. The van der Waals surface area contributed by atoms with Crippen molar-refractivity contribution in [3.05, 3.63) is 70.3 Å². The molecule has 0 aromatic heterocycles. The van der Waals surface area contributed by atoms with Crippen molar-refractivity contribution in [2.75, 3.05) is 44.6 Å². The van der Waals surface area contributed by atoms with Crippen LogP contribution in [0.15, 0.2) is 48.0 Å². The van der Waals surface area contributed by atoms with Gasteiger partial charge in [-0.1, -0.05) is 41.5 Å². The van der Waals surface area contributed by atoms with Gasteiger partial charge in [0.15, 0.2) is 0 Å². The number of aryl methyl sites for hydroxylation is 2. The molecule has 0 unspecified atom stereocenters. The average molecular weight is 458 g/mol. The number of rotatable bonds is 6. The normalized spacial score (nSPS) is 19.9. The second kappa shape index (κ2) is 10.5. The van der Waals surface area contributed by atoms with E-state index in [1.165, 1.54) is 53.8 Å². The quantitative estimate of drug-likeness (QED) is 0.611. The Kier molecular flexibility index (Phi) is 7.17. The molecule has 4 nitrogen and oxygen atoms in total. The Balaban J connectivity index is 1.14. The molecule has 2 aromatic rings. The fourth-order valence-corrected chi connectivity index (χ4v) is 5.98. The van der Waals surface area contributed by atoms with Crippen LogP contribution in [0.25, 0.3) is 5.57 Å². The van der Waals surface area contributed by atoms with E-state index >= 15 is 0 Å². The highest BCUT2D eigenvalue weighted by Crippen LogP contribution is 2.34. The van der Waals surface area contributed by atoms with Crippen LogP contribution in [0.2, 0.25) is 0 Å². The molecule has 34 heavy (non-hydrogen) atoms. The summed E-state index contributed by atoms with van der Waals surface area (Å²) in [5.41, 5.74) is 9.48. The molecule has 1 N–H and O–H groups in total. The van der Waals surface area contributed by atoms with E-state index in [1.54, 1.807) is 5.57 Å². The molecule has 5 rings (SSSR count). The molecule has 180 valence electrons. The van der Waals surface area contributed by atoms with Crippen molar-refractivity contribution in [1.29, 1.82) is 0 Å². The van der Waals surface area contributed by atoms with E-state index in [4.69, 9.17) is 0 Å². The number of piperidine rings is 1. The summed E-state index contributed by atoms with van der Waals surface area (Å²) in [6.07, 6.45) is 7.16. The maximum absolute atomic E-state index is 12.8. The second-order valence-corrected chi connectivity index (χ2v) is 10.6. The number of carbonyl (C=O) groups excluding carboxylic acids is 1. The molecule has 1 aliphatic carbocycles. The summed E-state index contributed by atoms with van der Waals surface area (Å²) in [5.74, 6) is 0.721. The van der Waals surface area contributed by atoms with Crippen molar-refractivity contribution in [2.45, 2.75) is 58.3 Å². The Hall–Kier alpha value is -2.43. The van der Waals surface area contributed by atoms with E-state index in [9.17, 15) is 4.79 Å². The third kappa shape index (κ3) is 5.45. The largest absolute Gasteiger partial charge is 0.325 e. The van der Waals surface area contributed by atoms with Crippen molar-refractivity contribution < 1.29 is 4.79 Å². The molecule has 0 bridgehead atoms. The van der Waals surface area contributed by atoms with Crippen LogP contribution < -0.4 is 5.32 Å². The molecule has 0 saturated carbocycles. The maximum Gasteiger partial charge on any atom is 0.238 e. The predicted molar refractivity (Wildman–Crippen MR) is 141 cm³/mol. The van der Waals surface area contributed by atoms with Crippen molar-refractivity contribution in [3.8, 4) is 0 Å². The molecule has 4 heteroatoms. The number of fused-ring (bicyclic) bond motifs is 1. The van der Waals surface area contributed by atoms with Crippen LogP contribution in [0.5, 0.6) is 0 Å². The molecule has 0 atom stereocenters. The third-order valence-electron chi connectivity index (χ3n) is 8.14. The van der Waals surface area contributed by atoms with Crippen LogP contribution in [0, 0.1) is 6.92 Å². The Labute approximate surface area is 205 Å². The van der Waals surface area contributed by atoms with Gasteiger partial charge in [-0.05, 0) is 119 Å². The van der Waals surface area contributed by atoms with Crippen molar-refractivity contribution >= 4 is 17.2 Å². The first-order valence-electron chi connectivity index (χ1n) is 13.2. The maximum atomic E-state index is 12.8. The molecule has 3 aliphatic rings. The summed E-state index contributed by atoms with van der Waals surface area (Å²) in [7, 11) is 0. The van der Waals surface area contributed by atoms with E-state index in [0.717, 1.165) is 51.0 Å². The van der Waals surface area contributed by atoms with Crippen LogP contribution in [0.1, 0.15) is 67.2 Å². The van der Waals surface area contributed by atoms with Gasteiger partial charge >= 0.3 is 0 Å². The molecule has 2 fully saturated rings. The molecule has 2 aliphatic heterocycles. The number of likely N-dealkylation sites (tertiary alicyclic amines) is 2. The fourth-order valence-electron chi connectivity index (χ4n) is 5.98. The van der Waals surface area contributed by atoms with Crippen molar-refractivity contribution in [1.82, 2.24) is 9.80 Å². The summed E-state index contributed by atoms with van der Waals surface area (Å²) in [4.78, 5) is 17.7. The minimum Gasteiger partial charge on any atom is -0.325 e. The highest BCUT2D eigenvalue weighted by molar-refractivity contribution is 5.92. The van der Waals surface area contributed by atoms with Crippen LogP contribution in [-0.4, -0.2) is 55.0 Å². The van der Waals surface area contributed by atoms with Gasteiger partial charge in [0, 0.05) is 12.2 Å². The monoisotopic (exact) mass is 457 g/mol. The smallest absolute Gasteiger partial charge is 0.238 e. The lowest BCUT2D eigenvalue weighted by molar-refractivity contribution is -0.117. The van der Waals surface area contributed by atoms with Gasteiger partial charge in [0.05, 0.1) is 6.54 Å². The Morgan fingerprint density at radius 3 is 2.38 bits per heavy atom. The van der Waals surface area contributed by atoms with E-state index < -0.39 is 0 Å². The summed E-state index contributed by atoms with van der Waals surface area (Å²) < 4.78 is 0. The van der Waals surface area contributed by atoms with Crippen molar-refractivity contribution in [2.24, 2.45) is 0 Å². The average Bonchev–Trinajstić information content (AvgIpc) is 3.35. The van der Waals surface area contributed by atoms with Gasteiger partial charge < -0.3 is 5.32 Å². The number of amides is 1. The summed E-state index contributed by atoms with van der Waals surface area (Å²) in [6.45, 7) is 10.5. The topological polar surface area (TPSA) is 35.6 Å². The summed E-state index contributed by atoms with van der Waals surface area (Å²) in [5, 5.41) is 3.17. The molecule has 0 spiro atoms. The first-order valence-corrected chi connectivity index (χ1v) is 13.2. The zero-order chi connectivity index (χ0) is 23.5. The number of carbonyl (C=O) groups is 1. The molecular formula is C30H39N3O. The number of hydrogen-bond donors (Lipinski definition) is 1. The SMILES string of the molecule is CC1=C(CN2CCCC2)CCc2cc(NC(=O)CN3CCC(c4ccc(C)cc4)CC3)ccc21. The van der Waals surface area contributed by atoms with Gasteiger partial charge in [0.2, 0.25) is 5.91 Å². The standard InChI is InChI=1S/C30H39N3O/c1-22-5-7-24(8-6-22)25-13-17-33(18-14-25)21-30(34)31-28-11-12-29-23(2)27(10-9-26(29)19-28)20-32-15-3-4-16-32/h5-8,11-12,19,25H,3-4,9-10,13-18,20-21H2,1-2H3,(H,31,34). The highest BCUT2D eigenvalue weighted by atomic mass is 16.2. The van der Waals surface area contributed by atoms with E-state index in [-0.39, 0.29) is 5.91 Å². The van der Waals surface area contributed by atoms with Gasteiger partial charge in [-0.3, -0.25) is 14.6 Å². The van der Waals surface area contributed by atoms with Crippen LogP contribution in [-0.2, 0) is 11.2 Å². The number of hydrogen-bond acceptors (Lipinski definition) is 3. The summed E-state index contributed by atoms with van der Waals surface area (Å²) in [6, 6.07) is 15.5.